The maximum atomic E-state index is 12.6. The minimum Gasteiger partial charge on any atom is -0.375 e. The summed E-state index contributed by atoms with van der Waals surface area (Å²) in [5.74, 6) is 0.204. The number of hydrogen-bond acceptors (Lipinski definition) is 2. The second kappa shape index (κ2) is 9.88. The van der Waals surface area contributed by atoms with Gasteiger partial charge in [-0.1, -0.05) is 26.3 Å². The number of rotatable bonds is 10. The predicted octanol–water partition coefficient (Wildman–Crippen LogP) is 3.52. The maximum Gasteiger partial charge on any atom is 0.231 e. The van der Waals surface area contributed by atoms with Crippen molar-refractivity contribution in [2.24, 2.45) is 5.92 Å². The van der Waals surface area contributed by atoms with Crippen LogP contribution in [0.1, 0.15) is 53.9 Å². The summed E-state index contributed by atoms with van der Waals surface area (Å²) in [6.45, 7) is 18.1. The lowest BCUT2D eigenvalue weighted by molar-refractivity contribution is -0.134. The molecule has 0 radical (unpaired) electrons. The van der Waals surface area contributed by atoms with Crippen molar-refractivity contribution in [3.8, 4) is 0 Å². The molecule has 0 aliphatic heterocycles. The van der Waals surface area contributed by atoms with E-state index in [1.54, 1.807) is 0 Å². The number of hydrogen-bond donors (Lipinski definition) is 0. The van der Waals surface area contributed by atoms with Crippen LogP contribution in [0, 0.1) is 5.92 Å². The second-order valence-corrected chi connectivity index (χ2v) is 4.87. The van der Waals surface area contributed by atoms with Crippen LogP contribution in [0.25, 0.3) is 0 Å². The van der Waals surface area contributed by atoms with Gasteiger partial charge in [0.15, 0.2) is 0 Å². The van der Waals surface area contributed by atoms with Crippen LogP contribution in [0.3, 0.4) is 0 Å². The molecule has 0 heterocycles. The topological polar surface area (TPSA) is 23.6 Å². The van der Waals surface area contributed by atoms with E-state index in [0.717, 1.165) is 51.1 Å². The van der Waals surface area contributed by atoms with Crippen molar-refractivity contribution < 1.29 is 4.79 Å². The Morgan fingerprint density at radius 3 is 1.79 bits per heavy atom. The summed E-state index contributed by atoms with van der Waals surface area (Å²) in [7, 11) is 0. The highest BCUT2D eigenvalue weighted by Gasteiger charge is 2.26. The van der Waals surface area contributed by atoms with Crippen molar-refractivity contribution in [2.75, 3.05) is 26.2 Å². The molecule has 0 N–H and O–H groups in total. The van der Waals surface area contributed by atoms with E-state index in [0.29, 0.717) is 0 Å². The fourth-order valence-electron chi connectivity index (χ4n) is 2.45. The highest BCUT2D eigenvalue weighted by atomic mass is 16.2. The Labute approximate surface area is 119 Å². The van der Waals surface area contributed by atoms with Crippen LogP contribution >= 0.6 is 0 Å². The van der Waals surface area contributed by atoms with Crippen LogP contribution < -0.4 is 0 Å². The van der Waals surface area contributed by atoms with Gasteiger partial charge < -0.3 is 9.80 Å². The van der Waals surface area contributed by atoms with Gasteiger partial charge in [0, 0.05) is 31.9 Å². The van der Waals surface area contributed by atoms with Gasteiger partial charge in [-0.25, -0.2) is 0 Å². The summed E-state index contributed by atoms with van der Waals surface area (Å²) in [5, 5.41) is 0. The molecule has 1 amide bonds. The third-order valence-electron chi connectivity index (χ3n) is 3.79. The Balaban J connectivity index is 4.97. The van der Waals surface area contributed by atoms with Gasteiger partial charge in [-0.15, -0.1) is 0 Å². The highest BCUT2D eigenvalue weighted by molar-refractivity contribution is 5.81. The Bertz CT molecular complexity index is 244. The molecule has 0 bridgehead atoms. The third-order valence-corrected chi connectivity index (χ3v) is 3.79. The summed E-state index contributed by atoms with van der Waals surface area (Å²) >= 11 is 0. The molecule has 3 heteroatoms. The standard InChI is InChI=1S/C16H32N2O/c1-7-12-13-15(14(6)17(8-2)9-3)16(19)18(10-4)11-5/h15H,6-13H2,1-5H3. The van der Waals surface area contributed by atoms with Crippen molar-refractivity contribution in [1.82, 2.24) is 9.80 Å². The molecular formula is C16H32N2O. The first-order chi connectivity index (χ1) is 9.06. The van der Waals surface area contributed by atoms with Crippen molar-refractivity contribution in [3.63, 3.8) is 0 Å². The third kappa shape index (κ3) is 5.25. The molecular weight excluding hydrogens is 236 g/mol. The van der Waals surface area contributed by atoms with Gasteiger partial charge in [-0.05, 0) is 34.1 Å². The van der Waals surface area contributed by atoms with Gasteiger partial charge in [-0.2, -0.15) is 0 Å². The maximum absolute atomic E-state index is 12.6. The van der Waals surface area contributed by atoms with Crippen molar-refractivity contribution in [2.45, 2.75) is 53.9 Å². The molecule has 0 spiro atoms. The van der Waals surface area contributed by atoms with Gasteiger partial charge >= 0.3 is 0 Å². The Morgan fingerprint density at radius 1 is 0.947 bits per heavy atom. The van der Waals surface area contributed by atoms with Crippen LogP contribution in [-0.4, -0.2) is 41.9 Å². The van der Waals surface area contributed by atoms with Gasteiger partial charge in [0.05, 0.1) is 5.92 Å². The van der Waals surface area contributed by atoms with Gasteiger partial charge in [0.1, 0.15) is 0 Å². The molecule has 0 aromatic carbocycles. The molecule has 0 rings (SSSR count). The number of carbonyl (C=O) groups excluding carboxylic acids is 1. The first-order valence-corrected chi connectivity index (χ1v) is 7.79. The zero-order valence-electron chi connectivity index (χ0n) is 13.5. The van der Waals surface area contributed by atoms with Gasteiger partial charge in [0.2, 0.25) is 5.91 Å². The smallest absolute Gasteiger partial charge is 0.231 e. The molecule has 3 nitrogen and oxygen atoms in total. The largest absolute Gasteiger partial charge is 0.375 e. The van der Waals surface area contributed by atoms with Crippen molar-refractivity contribution in [3.05, 3.63) is 12.3 Å². The van der Waals surface area contributed by atoms with Crippen LogP contribution in [0.4, 0.5) is 0 Å². The average Bonchev–Trinajstić information content (AvgIpc) is 2.42. The van der Waals surface area contributed by atoms with E-state index in [2.05, 4.69) is 32.3 Å². The number of amides is 1. The van der Waals surface area contributed by atoms with Gasteiger partial charge in [-0.3, -0.25) is 4.79 Å². The van der Waals surface area contributed by atoms with E-state index in [9.17, 15) is 4.79 Å². The normalized spacial score (nSPS) is 12.1. The lowest BCUT2D eigenvalue weighted by Crippen LogP contribution is -2.40. The molecule has 0 aromatic rings. The Kier molecular flexibility index (Phi) is 9.36. The second-order valence-electron chi connectivity index (χ2n) is 4.87. The SMILES string of the molecule is C=C(C(CCCC)C(=O)N(CC)CC)N(CC)CC. The van der Waals surface area contributed by atoms with Crippen LogP contribution in [0.5, 0.6) is 0 Å². The lowest BCUT2D eigenvalue weighted by atomic mass is 9.96. The molecule has 0 aliphatic rings. The quantitative estimate of drug-likeness (QED) is 0.605. The summed E-state index contributed by atoms with van der Waals surface area (Å²) in [6, 6.07) is 0. The summed E-state index contributed by atoms with van der Waals surface area (Å²) in [6.07, 6.45) is 3.12. The van der Waals surface area contributed by atoms with Crippen LogP contribution in [0.15, 0.2) is 12.3 Å². The average molecular weight is 268 g/mol. The van der Waals surface area contributed by atoms with E-state index in [-0.39, 0.29) is 11.8 Å². The molecule has 0 aromatic heterocycles. The lowest BCUT2D eigenvalue weighted by Gasteiger charge is -2.32. The summed E-state index contributed by atoms with van der Waals surface area (Å²) in [4.78, 5) is 16.8. The molecule has 1 atom stereocenters. The molecule has 112 valence electrons. The number of unbranched alkanes of at least 4 members (excludes halogenated alkanes) is 1. The zero-order valence-corrected chi connectivity index (χ0v) is 13.5. The fourth-order valence-corrected chi connectivity index (χ4v) is 2.45. The monoisotopic (exact) mass is 268 g/mol. The first kappa shape index (κ1) is 18.0. The summed E-state index contributed by atoms with van der Waals surface area (Å²) < 4.78 is 0. The Hall–Kier alpha value is -0.990. The van der Waals surface area contributed by atoms with Crippen molar-refractivity contribution in [1.29, 1.82) is 0 Å². The number of nitrogens with zero attached hydrogens (tertiary/aromatic N) is 2. The number of carbonyl (C=O) groups is 1. The van der Waals surface area contributed by atoms with E-state index < -0.39 is 0 Å². The molecule has 19 heavy (non-hydrogen) atoms. The van der Waals surface area contributed by atoms with Gasteiger partial charge in [0.25, 0.3) is 0 Å². The predicted molar refractivity (Wildman–Crippen MR) is 83.0 cm³/mol. The van der Waals surface area contributed by atoms with E-state index >= 15 is 0 Å². The zero-order chi connectivity index (χ0) is 14.8. The Morgan fingerprint density at radius 2 is 1.42 bits per heavy atom. The fraction of sp³-hybridized carbons (Fsp3) is 0.812. The van der Waals surface area contributed by atoms with Crippen LogP contribution in [-0.2, 0) is 4.79 Å². The molecule has 0 fully saturated rings. The van der Waals surface area contributed by atoms with Crippen molar-refractivity contribution >= 4 is 5.91 Å². The molecule has 0 aliphatic carbocycles. The molecule has 0 saturated heterocycles. The van der Waals surface area contributed by atoms with Crippen LogP contribution in [0.2, 0.25) is 0 Å². The molecule has 1 unspecified atom stereocenters. The first-order valence-electron chi connectivity index (χ1n) is 7.79. The minimum atomic E-state index is -0.0419. The van der Waals surface area contributed by atoms with E-state index in [1.165, 1.54) is 0 Å². The van der Waals surface area contributed by atoms with E-state index in [4.69, 9.17) is 0 Å². The molecule has 0 saturated carbocycles. The minimum absolute atomic E-state index is 0.0419. The summed E-state index contributed by atoms with van der Waals surface area (Å²) in [5.41, 5.74) is 0.996. The van der Waals surface area contributed by atoms with E-state index in [1.807, 2.05) is 18.7 Å². The highest BCUT2D eigenvalue weighted by Crippen LogP contribution is 2.22.